The van der Waals surface area contributed by atoms with Gasteiger partial charge < -0.3 is 10.6 Å². The van der Waals surface area contributed by atoms with Gasteiger partial charge in [0.2, 0.25) is 5.91 Å². The number of nitrogens with one attached hydrogen (secondary N) is 2. The van der Waals surface area contributed by atoms with Gasteiger partial charge in [0.1, 0.15) is 12.1 Å². The topological polar surface area (TPSA) is 78.5 Å². The molecule has 4 amide bonds. The van der Waals surface area contributed by atoms with Crippen molar-refractivity contribution < 1.29 is 14.4 Å². The van der Waals surface area contributed by atoms with Crippen molar-refractivity contribution in [1.29, 1.82) is 0 Å². The molecule has 0 radical (unpaired) electrons. The van der Waals surface area contributed by atoms with E-state index in [4.69, 9.17) is 11.6 Å². The van der Waals surface area contributed by atoms with Crippen molar-refractivity contribution in [2.75, 3.05) is 6.54 Å². The lowest BCUT2D eigenvalue weighted by Gasteiger charge is -2.42. The van der Waals surface area contributed by atoms with Gasteiger partial charge in [-0.05, 0) is 61.6 Å². The van der Waals surface area contributed by atoms with E-state index in [9.17, 15) is 14.4 Å². The third-order valence-corrected chi connectivity index (χ3v) is 7.36. The minimum atomic E-state index is -0.851. The number of amides is 4. The highest BCUT2D eigenvalue weighted by molar-refractivity contribution is 6.30. The van der Waals surface area contributed by atoms with Crippen LogP contribution >= 0.6 is 11.6 Å². The van der Waals surface area contributed by atoms with Crippen LogP contribution in [0.1, 0.15) is 71.4 Å². The van der Waals surface area contributed by atoms with Crippen molar-refractivity contribution in [2.45, 2.75) is 71.4 Å². The molecule has 1 unspecified atom stereocenters. The molecule has 0 aromatic heterocycles. The highest BCUT2D eigenvalue weighted by Gasteiger charge is 2.53. The average molecular weight is 434 g/mol. The number of hydrogen-bond donors (Lipinski definition) is 2. The maximum absolute atomic E-state index is 13.1. The lowest BCUT2D eigenvalue weighted by Crippen LogP contribution is -2.51. The molecule has 1 saturated heterocycles. The molecule has 6 nitrogen and oxygen atoms in total. The second-order valence-corrected chi connectivity index (χ2v) is 9.80. The zero-order chi connectivity index (χ0) is 22.1. The molecule has 1 aromatic rings. The Kier molecular flexibility index (Phi) is 6.46. The van der Waals surface area contributed by atoms with Gasteiger partial charge in [-0.1, -0.05) is 50.9 Å². The number of nitrogens with zero attached hydrogens (tertiary/aromatic N) is 1. The molecular weight excluding hydrogens is 402 g/mol. The fraction of sp³-hybridized carbons (Fsp3) is 0.609. The molecule has 1 aliphatic heterocycles. The first-order valence-corrected chi connectivity index (χ1v) is 11.1. The van der Waals surface area contributed by atoms with E-state index in [2.05, 4.69) is 31.4 Å². The van der Waals surface area contributed by atoms with Gasteiger partial charge in [-0.2, -0.15) is 0 Å². The van der Waals surface area contributed by atoms with Crippen LogP contribution in [-0.4, -0.2) is 34.8 Å². The molecule has 2 N–H and O–H groups in total. The summed E-state index contributed by atoms with van der Waals surface area (Å²) in [6.45, 7) is 8.29. The van der Waals surface area contributed by atoms with Gasteiger partial charge in [0.05, 0.1) is 6.04 Å². The van der Waals surface area contributed by atoms with Gasteiger partial charge in [0.25, 0.3) is 5.91 Å². The third-order valence-electron chi connectivity index (χ3n) is 7.13. The summed E-state index contributed by atoms with van der Waals surface area (Å²) in [4.78, 5) is 39.2. The molecular formula is C23H32ClN3O3. The Hall–Kier alpha value is -2.08. The Bertz CT molecular complexity index is 831. The minimum Gasteiger partial charge on any atom is -0.348 e. The summed E-state index contributed by atoms with van der Waals surface area (Å²) in [6.07, 6.45) is 4.14. The average Bonchev–Trinajstić information content (AvgIpc) is 2.92. The fourth-order valence-corrected chi connectivity index (χ4v) is 4.83. The zero-order valence-corrected chi connectivity index (χ0v) is 19.0. The summed E-state index contributed by atoms with van der Waals surface area (Å²) in [5, 5.41) is 6.33. The number of carbonyl (C=O) groups is 3. The van der Waals surface area contributed by atoms with E-state index in [0.29, 0.717) is 23.8 Å². The van der Waals surface area contributed by atoms with Crippen LogP contribution in [-0.2, 0) is 9.59 Å². The van der Waals surface area contributed by atoms with Crippen LogP contribution in [0, 0.1) is 11.3 Å². The van der Waals surface area contributed by atoms with Gasteiger partial charge in [-0.25, -0.2) is 4.79 Å². The van der Waals surface area contributed by atoms with Gasteiger partial charge in [-0.3, -0.25) is 14.5 Å². The minimum absolute atomic E-state index is 0.226. The Morgan fingerprint density at radius 3 is 2.60 bits per heavy atom. The van der Waals surface area contributed by atoms with Crippen molar-refractivity contribution in [1.82, 2.24) is 15.5 Å². The quantitative estimate of drug-likeness (QED) is 0.651. The second kappa shape index (κ2) is 8.58. The van der Waals surface area contributed by atoms with Crippen LogP contribution in [0.15, 0.2) is 24.3 Å². The number of halogens is 1. The second-order valence-electron chi connectivity index (χ2n) is 9.36. The molecule has 1 saturated carbocycles. The van der Waals surface area contributed by atoms with E-state index < -0.39 is 11.6 Å². The largest absolute Gasteiger partial charge is 0.348 e. The molecule has 1 spiro atoms. The smallest absolute Gasteiger partial charge is 0.325 e. The number of rotatable bonds is 6. The summed E-state index contributed by atoms with van der Waals surface area (Å²) in [5.74, 6) is -0.108. The molecule has 3 rings (SSSR count). The number of benzene rings is 1. The Labute approximate surface area is 183 Å². The first-order valence-electron chi connectivity index (χ1n) is 10.8. The van der Waals surface area contributed by atoms with Gasteiger partial charge in [0.15, 0.2) is 0 Å². The molecule has 2 aliphatic rings. The van der Waals surface area contributed by atoms with Crippen LogP contribution in [0.5, 0.6) is 0 Å². The summed E-state index contributed by atoms with van der Waals surface area (Å²) in [7, 11) is 0. The predicted octanol–water partition coefficient (Wildman–Crippen LogP) is 4.43. The lowest BCUT2D eigenvalue weighted by molar-refractivity contribution is -0.136. The standard InChI is InChI=1S/C23H32ClN3O3/c1-5-22(3,4)17-9-11-23(12-10-17)20(29)27(21(30)26-23)14-19(28)25-15(2)16-7-6-8-18(24)13-16/h6-8,13,15,17H,5,9-12,14H2,1-4H3,(H,25,28)(H,26,30). The predicted molar refractivity (Wildman–Crippen MR) is 117 cm³/mol. The number of urea groups is 1. The van der Waals surface area contributed by atoms with Crippen molar-refractivity contribution in [3.05, 3.63) is 34.9 Å². The Morgan fingerprint density at radius 1 is 1.33 bits per heavy atom. The van der Waals surface area contributed by atoms with E-state index in [1.165, 1.54) is 0 Å². The molecule has 1 heterocycles. The first kappa shape index (κ1) is 22.6. The van der Waals surface area contributed by atoms with E-state index in [1.54, 1.807) is 12.1 Å². The molecule has 7 heteroatoms. The highest BCUT2D eigenvalue weighted by Crippen LogP contribution is 2.45. The highest BCUT2D eigenvalue weighted by atomic mass is 35.5. The van der Waals surface area contributed by atoms with Gasteiger partial charge in [0, 0.05) is 5.02 Å². The van der Waals surface area contributed by atoms with Crippen LogP contribution in [0.3, 0.4) is 0 Å². The van der Waals surface area contributed by atoms with E-state index in [0.717, 1.165) is 29.7 Å². The molecule has 1 atom stereocenters. The molecule has 1 aliphatic carbocycles. The molecule has 0 bridgehead atoms. The Morgan fingerprint density at radius 2 is 2.00 bits per heavy atom. The lowest BCUT2D eigenvalue weighted by atomic mass is 9.65. The third kappa shape index (κ3) is 4.48. The van der Waals surface area contributed by atoms with Gasteiger partial charge in [-0.15, -0.1) is 0 Å². The van der Waals surface area contributed by atoms with E-state index in [1.807, 2.05) is 19.1 Å². The summed E-state index contributed by atoms with van der Waals surface area (Å²) >= 11 is 6.01. The number of hydrogen-bond acceptors (Lipinski definition) is 3. The summed E-state index contributed by atoms with van der Waals surface area (Å²) < 4.78 is 0. The molecule has 1 aromatic carbocycles. The summed E-state index contributed by atoms with van der Waals surface area (Å²) in [5.41, 5.74) is 0.237. The SMILES string of the molecule is CCC(C)(C)C1CCC2(CC1)NC(=O)N(CC(=O)NC(C)c1cccc(Cl)c1)C2=O. The van der Waals surface area contributed by atoms with Crippen LogP contribution in [0.4, 0.5) is 4.79 Å². The summed E-state index contributed by atoms with van der Waals surface area (Å²) in [6, 6.07) is 6.48. The normalized spacial score (nSPS) is 25.4. The molecule has 164 valence electrons. The number of imide groups is 1. The van der Waals surface area contributed by atoms with Crippen molar-refractivity contribution >= 4 is 29.4 Å². The maximum Gasteiger partial charge on any atom is 0.325 e. The van der Waals surface area contributed by atoms with Crippen molar-refractivity contribution in [3.63, 3.8) is 0 Å². The zero-order valence-electron chi connectivity index (χ0n) is 18.3. The first-order chi connectivity index (χ1) is 14.1. The monoisotopic (exact) mass is 433 g/mol. The van der Waals surface area contributed by atoms with Crippen molar-refractivity contribution in [3.8, 4) is 0 Å². The van der Waals surface area contributed by atoms with Crippen LogP contribution in [0.25, 0.3) is 0 Å². The molecule has 30 heavy (non-hydrogen) atoms. The fourth-order valence-electron chi connectivity index (χ4n) is 4.63. The number of carbonyl (C=O) groups excluding carboxylic acids is 3. The van der Waals surface area contributed by atoms with Crippen molar-refractivity contribution in [2.24, 2.45) is 11.3 Å². The van der Waals surface area contributed by atoms with Gasteiger partial charge >= 0.3 is 6.03 Å². The van der Waals surface area contributed by atoms with E-state index >= 15 is 0 Å². The van der Waals surface area contributed by atoms with Crippen LogP contribution in [0.2, 0.25) is 5.02 Å². The van der Waals surface area contributed by atoms with E-state index in [-0.39, 0.29) is 29.8 Å². The Balaban J connectivity index is 1.61. The maximum atomic E-state index is 13.1. The van der Waals surface area contributed by atoms with Crippen LogP contribution < -0.4 is 10.6 Å². The molecule has 2 fully saturated rings.